The smallest absolute Gasteiger partial charge is 0.253 e. The van der Waals surface area contributed by atoms with Crippen molar-refractivity contribution in [3.05, 3.63) is 59.5 Å². The molecule has 2 atom stereocenters. The molecule has 2 unspecified atom stereocenters. The van der Waals surface area contributed by atoms with Crippen LogP contribution in [-0.2, 0) is 11.3 Å². The van der Waals surface area contributed by atoms with Crippen LogP contribution >= 0.6 is 0 Å². The van der Waals surface area contributed by atoms with Crippen LogP contribution in [-0.4, -0.2) is 29.8 Å². The number of hydrogen-bond donors (Lipinski definition) is 1. The van der Waals surface area contributed by atoms with Gasteiger partial charge in [0.15, 0.2) is 0 Å². The molecule has 0 bridgehead atoms. The first kappa shape index (κ1) is 15.9. The SMILES string of the molecule is O=C(NCc1ccc(C(=O)N2CCCC2)cc1)C1CC1c1ccco1. The quantitative estimate of drug-likeness (QED) is 0.912. The van der Waals surface area contributed by atoms with Crippen LogP contribution in [0.25, 0.3) is 0 Å². The number of carbonyl (C=O) groups is 2. The van der Waals surface area contributed by atoms with Gasteiger partial charge in [-0.1, -0.05) is 12.1 Å². The Hall–Kier alpha value is -2.56. The van der Waals surface area contributed by atoms with Crippen molar-refractivity contribution in [1.82, 2.24) is 10.2 Å². The maximum absolute atomic E-state index is 12.3. The lowest BCUT2D eigenvalue weighted by Crippen LogP contribution is -2.27. The summed E-state index contributed by atoms with van der Waals surface area (Å²) < 4.78 is 5.36. The number of furan rings is 1. The van der Waals surface area contributed by atoms with Gasteiger partial charge in [-0.2, -0.15) is 0 Å². The second kappa shape index (κ2) is 6.75. The lowest BCUT2D eigenvalue weighted by atomic mass is 10.1. The van der Waals surface area contributed by atoms with Crippen LogP contribution in [0, 0.1) is 5.92 Å². The highest BCUT2D eigenvalue weighted by atomic mass is 16.3. The van der Waals surface area contributed by atoms with Crippen molar-refractivity contribution >= 4 is 11.8 Å². The third-order valence-electron chi connectivity index (χ3n) is 5.10. The highest BCUT2D eigenvalue weighted by Gasteiger charge is 2.45. The normalized spacial score (nSPS) is 22.0. The van der Waals surface area contributed by atoms with Gasteiger partial charge in [0, 0.05) is 37.0 Å². The molecule has 1 aliphatic heterocycles. The predicted molar refractivity (Wildman–Crippen MR) is 93.0 cm³/mol. The van der Waals surface area contributed by atoms with Gasteiger partial charge >= 0.3 is 0 Å². The zero-order valence-corrected chi connectivity index (χ0v) is 14.1. The van der Waals surface area contributed by atoms with E-state index in [1.165, 1.54) is 0 Å². The van der Waals surface area contributed by atoms with Crippen LogP contribution in [0.3, 0.4) is 0 Å². The standard InChI is InChI=1S/C20H22N2O3/c23-19(17-12-16(17)18-4-3-11-25-18)21-13-14-5-7-15(8-6-14)20(24)22-9-1-2-10-22/h3-8,11,16-17H,1-2,9-10,12-13H2,(H,21,23). The molecule has 1 aromatic heterocycles. The Morgan fingerprint density at radius 2 is 1.88 bits per heavy atom. The van der Waals surface area contributed by atoms with Crippen molar-refractivity contribution in [1.29, 1.82) is 0 Å². The number of likely N-dealkylation sites (tertiary alicyclic amines) is 1. The maximum Gasteiger partial charge on any atom is 0.253 e. The van der Waals surface area contributed by atoms with Crippen LogP contribution in [0.1, 0.15) is 46.9 Å². The topological polar surface area (TPSA) is 62.6 Å². The Bertz CT molecular complexity index is 746. The zero-order valence-electron chi connectivity index (χ0n) is 14.1. The van der Waals surface area contributed by atoms with E-state index in [1.54, 1.807) is 6.26 Å². The summed E-state index contributed by atoms with van der Waals surface area (Å²) in [5.41, 5.74) is 1.72. The summed E-state index contributed by atoms with van der Waals surface area (Å²) in [7, 11) is 0. The highest BCUT2D eigenvalue weighted by molar-refractivity contribution is 5.94. The van der Waals surface area contributed by atoms with Crippen LogP contribution < -0.4 is 5.32 Å². The molecular formula is C20H22N2O3. The van der Waals surface area contributed by atoms with Gasteiger partial charge in [0.05, 0.1) is 6.26 Å². The number of nitrogens with one attached hydrogen (secondary N) is 1. The molecule has 0 radical (unpaired) electrons. The van der Waals surface area contributed by atoms with Gasteiger partial charge in [0.1, 0.15) is 5.76 Å². The molecule has 2 aromatic rings. The van der Waals surface area contributed by atoms with Gasteiger partial charge in [0.25, 0.3) is 5.91 Å². The fourth-order valence-electron chi connectivity index (χ4n) is 3.49. The van der Waals surface area contributed by atoms with Gasteiger partial charge in [-0.3, -0.25) is 9.59 Å². The Labute approximate surface area is 147 Å². The molecule has 2 aliphatic rings. The summed E-state index contributed by atoms with van der Waals surface area (Å²) in [5, 5.41) is 2.98. The molecule has 1 saturated carbocycles. The molecule has 130 valence electrons. The second-order valence-electron chi connectivity index (χ2n) is 6.88. The van der Waals surface area contributed by atoms with E-state index >= 15 is 0 Å². The van der Waals surface area contributed by atoms with Gasteiger partial charge in [-0.25, -0.2) is 0 Å². The first-order chi connectivity index (χ1) is 12.2. The number of nitrogens with zero attached hydrogens (tertiary/aromatic N) is 1. The van der Waals surface area contributed by atoms with Crippen molar-refractivity contribution in [2.75, 3.05) is 13.1 Å². The molecule has 1 saturated heterocycles. The van der Waals surface area contributed by atoms with Gasteiger partial charge < -0.3 is 14.6 Å². The first-order valence-corrected chi connectivity index (χ1v) is 8.92. The summed E-state index contributed by atoms with van der Waals surface area (Å²) in [5.74, 6) is 1.30. The van der Waals surface area contributed by atoms with Crippen molar-refractivity contribution in [2.45, 2.75) is 31.7 Å². The van der Waals surface area contributed by atoms with Crippen molar-refractivity contribution in [2.24, 2.45) is 5.92 Å². The molecule has 1 aliphatic carbocycles. The third kappa shape index (κ3) is 3.45. The van der Waals surface area contributed by atoms with E-state index in [0.29, 0.717) is 6.54 Å². The number of hydrogen-bond acceptors (Lipinski definition) is 3. The number of benzene rings is 1. The minimum Gasteiger partial charge on any atom is -0.469 e. The average Bonchev–Trinajstić information content (AvgIpc) is 3.07. The third-order valence-corrected chi connectivity index (χ3v) is 5.10. The summed E-state index contributed by atoms with van der Waals surface area (Å²) in [6, 6.07) is 11.3. The Morgan fingerprint density at radius 3 is 2.56 bits per heavy atom. The van der Waals surface area contributed by atoms with E-state index in [9.17, 15) is 9.59 Å². The van der Waals surface area contributed by atoms with Crippen molar-refractivity contribution in [3.8, 4) is 0 Å². The minimum atomic E-state index is 0.0159. The maximum atomic E-state index is 12.3. The fourth-order valence-corrected chi connectivity index (χ4v) is 3.49. The molecule has 2 fully saturated rings. The van der Waals surface area contributed by atoms with E-state index in [-0.39, 0.29) is 23.7 Å². The van der Waals surface area contributed by atoms with E-state index in [1.807, 2.05) is 41.3 Å². The molecule has 4 rings (SSSR count). The largest absolute Gasteiger partial charge is 0.469 e. The Morgan fingerprint density at radius 1 is 1.12 bits per heavy atom. The molecule has 25 heavy (non-hydrogen) atoms. The highest BCUT2D eigenvalue weighted by Crippen LogP contribution is 2.47. The number of amides is 2. The average molecular weight is 338 g/mol. The van der Waals surface area contributed by atoms with E-state index in [4.69, 9.17) is 4.42 Å². The first-order valence-electron chi connectivity index (χ1n) is 8.92. The molecule has 2 heterocycles. The fraction of sp³-hybridized carbons (Fsp3) is 0.400. The van der Waals surface area contributed by atoms with Gasteiger partial charge in [-0.05, 0) is 49.1 Å². The zero-order chi connectivity index (χ0) is 17.2. The minimum absolute atomic E-state index is 0.0159. The summed E-state index contributed by atoms with van der Waals surface area (Å²) in [6.07, 6.45) is 4.68. The second-order valence-corrected chi connectivity index (χ2v) is 6.88. The van der Waals surface area contributed by atoms with Crippen LogP contribution in [0.5, 0.6) is 0 Å². The lowest BCUT2D eigenvalue weighted by molar-refractivity contribution is -0.122. The van der Waals surface area contributed by atoms with Crippen molar-refractivity contribution in [3.63, 3.8) is 0 Å². The number of carbonyl (C=O) groups excluding carboxylic acids is 2. The monoisotopic (exact) mass is 338 g/mol. The molecule has 0 spiro atoms. The van der Waals surface area contributed by atoms with Crippen LogP contribution in [0.15, 0.2) is 47.1 Å². The summed E-state index contributed by atoms with van der Waals surface area (Å²) in [6.45, 7) is 2.20. The van der Waals surface area contributed by atoms with Crippen LogP contribution in [0.4, 0.5) is 0 Å². The summed E-state index contributed by atoms with van der Waals surface area (Å²) in [4.78, 5) is 26.4. The van der Waals surface area contributed by atoms with E-state index < -0.39 is 0 Å². The summed E-state index contributed by atoms with van der Waals surface area (Å²) >= 11 is 0. The Balaban J connectivity index is 1.28. The molecule has 5 heteroatoms. The predicted octanol–water partition coefficient (Wildman–Crippen LogP) is 2.94. The molecule has 5 nitrogen and oxygen atoms in total. The van der Waals surface area contributed by atoms with Crippen LogP contribution in [0.2, 0.25) is 0 Å². The molecular weight excluding hydrogens is 316 g/mol. The van der Waals surface area contributed by atoms with E-state index in [0.717, 1.165) is 49.2 Å². The molecule has 1 N–H and O–H groups in total. The van der Waals surface area contributed by atoms with Gasteiger partial charge in [0.2, 0.25) is 5.91 Å². The Kier molecular flexibility index (Phi) is 4.30. The van der Waals surface area contributed by atoms with E-state index in [2.05, 4.69) is 5.32 Å². The lowest BCUT2D eigenvalue weighted by Gasteiger charge is -2.15. The van der Waals surface area contributed by atoms with Gasteiger partial charge in [-0.15, -0.1) is 0 Å². The van der Waals surface area contributed by atoms with Crippen molar-refractivity contribution < 1.29 is 14.0 Å². The molecule has 1 aromatic carbocycles. The number of rotatable bonds is 5. The molecule has 2 amide bonds.